The predicted molar refractivity (Wildman–Crippen MR) is 159 cm³/mol. The van der Waals surface area contributed by atoms with E-state index in [0.29, 0.717) is 59.5 Å². The van der Waals surface area contributed by atoms with E-state index in [1.54, 1.807) is 24.4 Å². The van der Waals surface area contributed by atoms with Gasteiger partial charge in [-0.1, -0.05) is 32.1 Å². The summed E-state index contributed by atoms with van der Waals surface area (Å²) in [5, 5.41) is 8.43. The molecule has 1 aliphatic rings. The predicted octanol–water partition coefficient (Wildman–Crippen LogP) is 3.74. The lowest BCUT2D eigenvalue weighted by atomic mass is 10.0. The van der Waals surface area contributed by atoms with Crippen molar-refractivity contribution in [3.8, 4) is 11.3 Å². The SMILES string of the molecule is CC(C)c1ccnc(NC(=O)c2ccc(-c3nn([C@@H]4CCN(C(=O)C=CCN(C)C)C4)c4ncnc(N)c34)cc2)c1. The van der Waals surface area contributed by atoms with Crippen LogP contribution >= 0.6 is 0 Å². The quantitative estimate of drug-likeness (QED) is 0.315. The van der Waals surface area contributed by atoms with Crippen LogP contribution in [0.1, 0.15) is 48.1 Å². The van der Waals surface area contributed by atoms with Crippen LogP contribution < -0.4 is 11.1 Å². The molecule has 4 heterocycles. The lowest BCUT2D eigenvalue weighted by molar-refractivity contribution is -0.125. The second kappa shape index (κ2) is 11.8. The molecule has 0 radical (unpaired) electrons. The highest BCUT2D eigenvalue weighted by Crippen LogP contribution is 2.34. The lowest BCUT2D eigenvalue weighted by Gasteiger charge is -2.15. The Hall–Kier alpha value is -4.64. The van der Waals surface area contributed by atoms with E-state index in [4.69, 9.17) is 10.8 Å². The molecule has 1 aliphatic heterocycles. The van der Waals surface area contributed by atoms with Crippen molar-refractivity contribution in [2.75, 3.05) is 44.8 Å². The Morgan fingerprint density at radius 1 is 1.15 bits per heavy atom. The molecule has 41 heavy (non-hydrogen) atoms. The fourth-order valence-electron chi connectivity index (χ4n) is 4.91. The molecule has 0 spiro atoms. The van der Waals surface area contributed by atoms with Crippen LogP contribution in [0.5, 0.6) is 0 Å². The fourth-order valence-corrected chi connectivity index (χ4v) is 4.91. The summed E-state index contributed by atoms with van der Waals surface area (Å²) < 4.78 is 1.85. The van der Waals surface area contributed by atoms with Crippen molar-refractivity contribution >= 4 is 34.5 Å². The van der Waals surface area contributed by atoms with E-state index in [1.807, 2.05) is 58.9 Å². The molecule has 5 rings (SSSR count). The smallest absolute Gasteiger partial charge is 0.256 e. The van der Waals surface area contributed by atoms with Crippen LogP contribution in [-0.4, -0.2) is 80.1 Å². The van der Waals surface area contributed by atoms with Gasteiger partial charge in [0.15, 0.2) is 5.65 Å². The number of fused-ring (bicyclic) bond motifs is 1. The van der Waals surface area contributed by atoms with Gasteiger partial charge in [-0.05, 0) is 56.3 Å². The summed E-state index contributed by atoms with van der Waals surface area (Å²) in [5.74, 6) is 0.902. The maximum absolute atomic E-state index is 12.9. The molecule has 1 fully saturated rings. The van der Waals surface area contributed by atoms with Gasteiger partial charge >= 0.3 is 0 Å². The Morgan fingerprint density at radius 3 is 2.66 bits per heavy atom. The number of rotatable bonds is 8. The average molecular weight is 554 g/mol. The van der Waals surface area contributed by atoms with Crippen LogP contribution in [0.3, 0.4) is 0 Å². The minimum Gasteiger partial charge on any atom is -0.383 e. The number of amides is 2. The first-order chi connectivity index (χ1) is 19.7. The molecule has 3 aromatic heterocycles. The Bertz CT molecular complexity index is 1590. The fraction of sp³-hybridized carbons (Fsp3) is 0.333. The van der Waals surface area contributed by atoms with Gasteiger partial charge in [-0.3, -0.25) is 9.59 Å². The first-order valence-electron chi connectivity index (χ1n) is 13.7. The molecule has 3 N–H and O–H groups in total. The standard InChI is InChI=1S/C30H35N9O2/c1-19(2)22-11-13-32-24(16-22)35-30(41)21-9-7-20(8-10-21)27-26-28(31)33-18-34-29(26)39(36-27)23-12-15-38(17-23)25(40)6-5-14-37(3)4/h5-11,13,16,18-19,23H,12,14-15,17H2,1-4H3,(H2,31,33,34)(H,32,35,41)/t23-/m1/s1. The Morgan fingerprint density at radius 2 is 1.93 bits per heavy atom. The molecule has 0 aliphatic carbocycles. The molecule has 0 unspecified atom stereocenters. The van der Waals surface area contributed by atoms with E-state index in [1.165, 1.54) is 6.33 Å². The highest BCUT2D eigenvalue weighted by molar-refractivity contribution is 6.04. The number of likely N-dealkylation sites (tertiary alicyclic amines) is 1. The zero-order valence-electron chi connectivity index (χ0n) is 23.8. The number of pyridine rings is 1. The number of likely N-dealkylation sites (N-methyl/N-ethyl adjacent to an activating group) is 1. The second-order valence-corrected chi connectivity index (χ2v) is 10.8. The Kier molecular flexibility index (Phi) is 8.06. The minimum absolute atomic E-state index is 0.0137. The third kappa shape index (κ3) is 6.09. The van der Waals surface area contributed by atoms with Gasteiger partial charge in [-0.15, -0.1) is 0 Å². The lowest BCUT2D eigenvalue weighted by Crippen LogP contribution is -2.28. The van der Waals surface area contributed by atoms with E-state index in [2.05, 4.69) is 34.1 Å². The normalized spacial score (nSPS) is 15.5. The molecule has 212 valence electrons. The first-order valence-corrected chi connectivity index (χ1v) is 13.7. The molecule has 2 amide bonds. The number of anilines is 2. The van der Waals surface area contributed by atoms with Crippen molar-refractivity contribution in [1.29, 1.82) is 0 Å². The summed E-state index contributed by atoms with van der Waals surface area (Å²) in [4.78, 5) is 42.4. The number of aromatic nitrogens is 5. The number of nitrogen functional groups attached to an aromatic ring is 1. The van der Waals surface area contributed by atoms with Gasteiger partial charge in [-0.25, -0.2) is 19.6 Å². The van der Waals surface area contributed by atoms with Crippen molar-refractivity contribution in [2.24, 2.45) is 0 Å². The molecule has 1 aromatic carbocycles. The maximum Gasteiger partial charge on any atom is 0.256 e. The number of nitrogens with one attached hydrogen (secondary N) is 1. The molecule has 0 bridgehead atoms. The van der Waals surface area contributed by atoms with Crippen molar-refractivity contribution in [3.63, 3.8) is 0 Å². The molecule has 4 aromatic rings. The van der Waals surface area contributed by atoms with Gasteiger partial charge in [0.2, 0.25) is 5.91 Å². The molecule has 11 heteroatoms. The minimum atomic E-state index is -0.251. The van der Waals surface area contributed by atoms with Crippen molar-refractivity contribution in [1.82, 2.24) is 34.5 Å². The van der Waals surface area contributed by atoms with Crippen LogP contribution in [0.15, 0.2) is 61.1 Å². The number of hydrogen-bond acceptors (Lipinski definition) is 8. The monoisotopic (exact) mass is 553 g/mol. The zero-order chi connectivity index (χ0) is 29.1. The highest BCUT2D eigenvalue weighted by atomic mass is 16.2. The van der Waals surface area contributed by atoms with Crippen LogP contribution in [0, 0.1) is 0 Å². The van der Waals surface area contributed by atoms with Crippen molar-refractivity contribution in [2.45, 2.75) is 32.2 Å². The molecule has 1 atom stereocenters. The van der Waals surface area contributed by atoms with Gasteiger partial charge in [0.05, 0.1) is 11.4 Å². The van der Waals surface area contributed by atoms with Crippen molar-refractivity contribution < 1.29 is 9.59 Å². The van der Waals surface area contributed by atoms with Gasteiger partial charge in [0.25, 0.3) is 5.91 Å². The third-order valence-corrected chi connectivity index (χ3v) is 7.18. The number of benzene rings is 1. The van der Waals surface area contributed by atoms with Gasteiger partial charge < -0.3 is 20.9 Å². The largest absolute Gasteiger partial charge is 0.383 e. The Labute approximate surface area is 239 Å². The van der Waals surface area contributed by atoms with Gasteiger partial charge in [0, 0.05) is 43.0 Å². The van der Waals surface area contributed by atoms with E-state index in [-0.39, 0.29) is 17.9 Å². The number of hydrogen-bond donors (Lipinski definition) is 2. The molecule has 0 saturated carbocycles. The number of nitrogens with two attached hydrogens (primary N) is 1. The van der Waals surface area contributed by atoms with Crippen molar-refractivity contribution in [3.05, 3.63) is 72.2 Å². The van der Waals surface area contributed by atoms with Crippen LogP contribution in [-0.2, 0) is 4.79 Å². The number of carbonyl (C=O) groups excluding carboxylic acids is 2. The summed E-state index contributed by atoms with van der Waals surface area (Å²) >= 11 is 0. The number of nitrogens with zero attached hydrogens (tertiary/aromatic N) is 7. The summed E-state index contributed by atoms with van der Waals surface area (Å²) in [7, 11) is 3.92. The highest BCUT2D eigenvalue weighted by Gasteiger charge is 2.30. The first kappa shape index (κ1) is 27.9. The molecule has 1 saturated heterocycles. The summed E-state index contributed by atoms with van der Waals surface area (Å²) in [5.41, 5.74) is 9.93. The second-order valence-electron chi connectivity index (χ2n) is 10.8. The summed E-state index contributed by atoms with van der Waals surface area (Å²) in [6.07, 6.45) is 7.37. The van der Waals surface area contributed by atoms with E-state index in [0.717, 1.165) is 17.5 Å². The van der Waals surface area contributed by atoms with Crippen LogP contribution in [0.2, 0.25) is 0 Å². The van der Waals surface area contributed by atoms with Gasteiger partial charge in [0.1, 0.15) is 23.7 Å². The topological polar surface area (TPSA) is 135 Å². The zero-order valence-corrected chi connectivity index (χ0v) is 23.8. The molecular formula is C30H35N9O2. The van der Waals surface area contributed by atoms with Crippen LogP contribution in [0.4, 0.5) is 11.6 Å². The van der Waals surface area contributed by atoms with Gasteiger partial charge in [-0.2, -0.15) is 5.10 Å². The molecular weight excluding hydrogens is 518 g/mol. The Balaban J connectivity index is 1.37. The van der Waals surface area contributed by atoms with Crippen LogP contribution in [0.25, 0.3) is 22.3 Å². The van der Waals surface area contributed by atoms with E-state index in [9.17, 15) is 9.59 Å². The summed E-state index contributed by atoms with van der Waals surface area (Å²) in [6.45, 7) is 6.04. The summed E-state index contributed by atoms with van der Waals surface area (Å²) in [6, 6.07) is 11.0. The van der Waals surface area contributed by atoms with E-state index < -0.39 is 0 Å². The van der Waals surface area contributed by atoms with E-state index >= 15 is 0 Å². The maximum atomic E-state index is 12.9. The number of carbonyl (C=O) groups is 2. The average Bonchev–Trinajstić information content (AvgIpc) is 3.59. The molecule has 11 nitrogen and oxygen atoms in total. The third-order valence-electron chi connectivity index (χ3n) is 7.18.